The number of carbonyl (C=O) groups is 1. The van der Waals surface area contributed by atoms with Crippen LogP contribution in [0.15, 0.2) is 54.6 Å². The molecule has 0 aliphatic carbocycles. The Labute approximate surface area is 123 Å². The molecule has 0 aromatic heterocycles. The van der Waals surface area contributed by atoms with Crippen LogP contribution in [0.5, 0.6) is 5.75 Å². The monoisotopic (exact) mass is 280 g/mol. The summed E-state index contributed by atoms with van der Waals surface area (Å²) in [7, 11) is 0. The largest absolute Gasteiger partial charge is 0.484 e. The minimum atomic E-state index is -0.235. The molecule has 0 fully saturated rings. The van der Waals surface area contributed by atoms with E-state index in [0.717, 1.165) is 5.56 Å². The van der Waals surface area contributed by atoms with Gasteiger partial charge in [-0.25, -0.2) is 0 Å². The second-order valence-corrected chi connectivity index (χ2v) is 4.20. The maximum absolute atomic E-state index is 11.9. The number of nitrogens with one attached hydrogen (secondary N) is 1. The van der Waals surface area contributed by atoms with E-state index in [1.54, 1.807) is 18.2 Å². The number of amides is 1. The Kier molecular flexibility index (Phi) is 5.39. The molecule has 0 heterocycles. The predicted molar refractivity (Wildman–Crippen MR) is 82.9 cm³/mol. The smallest absolute Gasteiger partial charge is 0.262 e. The lowest BCUT2D eigenvalue weighted by Gasteiger charge is -2.08. The molecule has 0 atom stereocenters. The van der Waals surface area contributed by atoms with Gasteiger partial charge in [0.05, 0.1) is 12.2 Å². The number of para-hydroxylation sites is 2. The molecule has 21 heavy (non-hydrogen) atoms. The number of nitrogens with two attached hydrogens (primary N) is 1. The van der Waals surface area contributed by atoms with E-state index in [1.165, 1.54) is 0 Å². The molecule has 2 rings (SSSR count). The van der Waals surface area contributed by atoms with Gasteiger partial charge in [-0.05, 0) is 24.3 Å². The summed E-state index contributed by atoms with van der Waals surface area (Å²) in [5.41, 5.74) is 6.74. The summed E-state index contributed by atoms with van der Waals surface area (Å²) in [6.45, 7) is 0.224. The van der Waals surface area contributed by atoms with Crippen molar-refractivity contribution in [2.75, 3.05) is 18.5 Å². The molecule has 0 saturated heterocycles. The van der Waals surface area contributed by atoms with Crippen molar-refractivity contribution < 1.29 is 9.53 Å². The average Bonchev–Trinajstić information content (AvgIpc) is 2.53. The van der Waals surface area contributed by atoms with Gasteiger partial charge in [-0.15, -0.1) is 0 Å². The fourth-order valence-electron chi connectivity index (χ4n) is 1.70. The summed E-state index contributed by atoms with van der Waals surface area (Å²) in [6.07, 6.45) is 0. The summed E-state index contributed by atoms with van der Waals surface area (Å²) in [5.74, 6) is 6.11. The molecule has 0 saturated carbocycles. The van der Waals surface area contributed by atoms with E-state index in [4.69, 9.17) is 10.5 Å². The van der Waals surface area contributed by atoms with Crippen LogP contribution in [0.2, 0.25) is 0 Å². The van der Waals surface area contributed by atoms with Crippen molar-refractivity contribution in [3.63, 3.8) is 0 Å². The summed E-state index contributed by atoms with van der Waals surface area (Å²) in [6, 6.07) is 16.5. The van der Waals surface area contributed by atoms with Crippen LogP contribution in [0.25, 0.3) is 0 Å². The van der Waals surface area contributed by atoms with Gasteiger partial charge >= 0.3 is 0 Å². The second-order valence-electron chi connectivity index (χ2n) is 4.20. The minimum Gasteiger partial charge on any atom is -0.484 e. The molecule has 0 aliphatic rings. The van der Waals surface area contributed by atoms with E-state index in [0.29, 0.717) is 11.4 Å². The zero-order valence-electron chi connectivity index (χ0n) is 11.5. The molecule has 0 radical (unpaired) electrons. The highest BCUT2D eigenvalue weighted by molar-refractivity contribution is 5.93. The predicted octanol–water partition coefficient (Wildman–Crippen LogP) is 2.01. The van der Waals surface area contributed by atoms with E-state index in [2.05, 4.69) is 17.2 Å². The second kappa shape index (κ2) is 7.73. The van der Waals surface area contributed by atoms with Crippen molar-refractivity contribution >= 4 is 11.6 Å². The molecule has 2 aromatic carbocycles. The molecule has 4 heteroatoms. The van der Waals surface area contributed by atoms with Crippen molar-refractivity contribution in [1.82, 2.24) is 0 Å². The van der Waals surface area contributed by atoms with Crippen LogP contribution in [0.1, 0.15) is 5.56 Å². The first-order valence-electron chi connectivity index (χ1n) is 6.55. The molecule has 0 bridgehead atoms. The first kappa shape index (κ1) is 14.6. The first-order valence-corrected chi connectivity index (χ1v) is 6.55. The zero-order chi connectivity index (χ0) is 14.9. The molecule has 106 valence electrons. The molecule has 0 spiro atoms. The Morgan fingerprint density at radius 3 is 2.57 bits per heavy atom. The van der Waals surface area contributed by atoms with Gasteiger partial charge in [0.25, 0.3) is 5.91 Å². The van der Waals surface area contributed by atoms with E-state index in [1.807, 2.05) is 36.4 Å². The first-order chi connectivity index (χ1) is 10.3. The highest BCUT2D eigenvalue weighted by Gasteiger charge is 2.06. The van der Waals surface area contributed by atoms with Crippen LogP contribution in [0, 0.1) is 11.8 Å². The lowest BCUT2D eigenvalue weighted by molar-refractivity contribution is -0.118. The maximum atomic E-state index is 11.9. The van der Waals surface area contributed by atoms with E-state index in [-0.39, 0.29) is 19.1 Å². The van der Waals surface area contributed by atoms with Crippen molar-refractivity contribution in [2.45, 2.75) is 0 Å². The fraction of sp³-hybridized carbons (Fsp3) is 0.118. The Balaban J connectivity index is 1.97. The third kappa shape index (κ3) is 4.68. The Hall–Kier alpha value is -2.77. The van der Waals surface area contributed by atoms with Crippen LogP contribution in [0.4, 0.5) is 5.69 Å². The Bertz CT molecular complexity index is 657. The van der Waals surface area contributed by atoms with Gasteiger partial charge in [-0.1, -0.05) is 42.2 Å². The SMILES string of the molecule is NCC#Cc1ccccc1NC(=O)COc1ccccc1. The number of benzene rings is 2. The van der Waals surface area contributed by atoms with Crippen LogP contribution < -0.4 is 15.8 Å². The average molecular weight is 280 g/mol. The minimum absolute atomic E-state index is 0.0529. The number of ether oxygens (including phenoxy) is 1. The van der Waals surface area contributed by atoms with Crippen LogP contribution in [0.3, 0.4) is 0 Å². The quantitative estimate of drug-likeness (QED) is 0.842. The van der Waals surface area contributed by atoms with E-state index < -0.39 is 0 Å². The summed E-state index contributed by atoms with van der Waals surface area (Å²) >= 11 is 0. The van der Waals surface area contributed by atoms with E-state index >= 15 is 0 Å². The highest BCUT2D eigenvalue weighted by Crippen LogP contribution is 2.14. The summed E-state index contributed by atoms with van der Waals surface area (Å²) in [5, 5.41) is 2.78. The maximum Gasteiger partial charge on any atom is 0.262 e. The van der Waals surface area contributed by atoms with Crippen LogP contribution in [-0.2, 0) is 4.79 Å². The lowest BCUT2D eigenvalue weighted by Crippen LogP contribution is -2.20. The number of hydrogen-bond acceptors (Lipinski definition) is 3. The van der Waals surface area contributed by atoms with Crippen molar-refractivity contribution in [3.05, 3.63) is 60.2 Å². The molecule has 1 amide bonds. The molecule has 3 N–H and O–H groups in total. The number of carbonyl (C=O) groups excluding carboxylic acids is 1. The lowest BCUT2D eigenvalue weighted by atomic mass is 10.2. The van der Waals surface area contributed by atoms with Gasteiger partial charge in [-0.2, -0.15) is 0 Å². The summed E-state index contributed by atoms with van der Waals surface area (Å²) < 4.78 is 5.39. The van der Waals surface area contributed by atoms with Crippen LogP contribution >= 0.6 is 0 Å². The van der Waals surface area contributed by atoms with Gasteiger partial charge in [0, 0.05) is 5.56 Å². The molecular formula is C17H16N2O2. The van der Waals surface area contributed by atoms with Crippen molar-refractivity contribution in [1.29, 1.82) is 0 Å². The molecule has 0 aliphatic heterocycles. The topological polar surface area (TPSA) is 64.3 Å². The van der Waals surface area contributed by atoms with Gasteiger partial charge < -0.3 is 15.8 Å². The van der Waals surface area contributed by atoms with Crippen molar-refractivity contribution in [2.24, 2.45) is 5.73 Å². The zero-order valence-corrected chi connectivity index (χ0v) is 11.5. The molecule has 0 unspecified atom stereocenters. The number of anilines is 1. The molecule has 4 nitrogen and oxygen atoms in total. The fourth-order valence-corrected chi connectivity index (χ4v) is 1.70. The Morgan fingerprint density at radius 1 is 1.10 bits per heavy atom. The number of hydrogen-bond donors (Lipinski definition) is 2. The van der Waals surface area contributed by atoms with Gasteiger partial charge in [0.15, 0.2) is 6.61 Å². The molecule has 2 aromatic rings. The van der Waals surface area contributed by atoms with Gasteiger partial charge in [0.2, 0.25) is 0 Å². The van der Waals surface area contributed by atoms with E-state index in [9.17, 15) is 4.79 Å². The highest BCUT2D eigenvalue weighted by atomic mass is 16.5. The summed E-state index contributed by atoms with van der Waals surface area (Å²) in [4.78, 5) is 11.9. The Morgan fingerprint density at radius 2 is 1.81 bits per heavy atom. The van der Waals surface area contributed by atoms with Crippen LogP contribution in [-0.4, -0.2) is 19.1 Å². The third-order valence-corrected chi connectivity index (χ3v) is 2.64. The van der Waals surface area contributed by atoms with Crippen molar-refractivity contribution in [3.8, 4) is 17.6 Å². The molecular weight excluding hydrogens is 264 g/mol. The van der Waals surface area contributed by atoms with Gasteiger partial charge in [0.1, 0.15) is 5.75 Å². The standard InChI is InChI=1S/C17H16N2O2/c18-12-6-8-14-7-4-5-11-16(14)19-17(20)13-21-15-9-2-1-3-10-15/h1-5,7,9-11H,12-13,18H2,(H,19,20). The number of rotatable bonds is 4. The third-order valence-electron chi connectivity index (χ3n) is 2.64. The normalized spacial score (nSPS) is 9.38. The van der Waals surface area contributed by atoms with Gasteiger partial charge in [-0.3, -0.25) is 4.79 Å².